The van der Waals surface area contributed by atoms with Crippen molar-refractivity contribution in [3.05, 3.63) is 95.2 Å². The van der Waals surface area contributed by atoms with Gasteiger partial charge < -0.3 is 20.1 Å². The van der Waals surface area contributed by atoms with Crippen LogP contribution in [0.1, 0.15) is 44.3 Å². The average Bonchev–Trinajstić information content (AvgIpc) is 3.50. The fourth-order valence-electron chi connectivity index (χ4n) is 5.35. The van der Waals surface area contributed by atoms with E-state index >= 15 is 0 Å². The third-order valence-corrected chi connectivity index (χ3v) is 7.39. The summed E-state index contributed by atoms with van der Waals surface area (Å²) in [5.74, 6) is -1.74. The second kappa shape index (κ2) is 10.00. The maximum absolute atomic E-state index is 14.7. The molecule has 194 valence electrons. The molecule has 0 radical (unpaired) electrons. The maximum Gasteiger partial charge on any atom is 0.274 e. The van der Waals surface area contributed by atoms with Crippen molar-refractivity contribution in [2.75, 3.05) is 36.5 Å². The van der Waals surface area contributed by atoms with Crippen molar-refractivity contribution in [3.63, 3.8) is 0 Å². The second-order valence-electron chi connectivity index (χ2n) is 9.71. The lowest BCUT2D eigenvalue weighted by molar-refractivity contribution is 0.0920. The van der Waals surface area contributed by atoms with Gasteiger partial charge in [-0.3, -0.25) is 14.0 Å². The summed E-state index contributed by atoms with van der Waals surface area (Å²) < 4.78 is 21.8. The molecule has 2 aromatic carbocycles. The van der Waals surface area contributed by atoms with E-state index in [-0.39, 0.29) is 35.1 Å². The van der Waals surface area contributed by atoms with Gasteiger partial charge >= 0.3 is 0 Å². The van der Waals surface area contributed by atoms with E-state index in [0.717, 1.165) is 29.9 Å². The number of nitrogens with zero attached hydrogens (tertiary/aromatic N) is 3. The number of fused-ring (bicyclic) bond motifs is 2. The molecule has 2 aliphatic rings. The van der Waals surface area contributed by atoms with Crippen molar-refractivity contribution >= 4 is 28.7 Å². The zero-order valence-corrected chi connectivity index (χ0v) is 20.6. The summed E-state index contributed by atoms with van der Waals surface area (Å²) in [4.78, 5) is 32.8. The third kappa shape index (κ3) is 4.55. The smallest absolute Gasteiger partial charge is 0.274 e. The minimum absolute atomic E-state index is 0.0903. The summed E-state index contributed by atoms with van der Waals surface area (Å²) in [5, 5.41) is 13.1. The van der Waals surface area contributed by atoms with Gasteiger partial charge in [0.1, 0.15) is 17.2 Å². The van der Waals surface area contributed by atoms with Gasteiger partial charge in [-0.1, -0.05) is 24.3 Å². The number of ketones is 1. The Balaban J connectivity index is 1.21. The van der Waals surface area contributed by atoms with Gasteiger partial charge in [0.15, 0.2) is 5.78 Å². The molecule has 6 rings (SSSR count). The minimum atomic E-state index is -0.649. The van der Waals surface area contributed by atoms with Crippen LogP contribution in [0.2, 0.25) is 0 Å². The van der Waals surface area contributed by atoms with E-state index in [0.29, 0.717) is 25.3 Å². The number of morpholine rings is 1. The van der Waals surface area contributed by atoms with Crippen molar-refractivity contribution in [1.29, 1.82) is 0 Å². The van der Waals surface area contributed by atoms with Gasteiger partial charge in [-0.15, -0.1) is 0 Å². The van der Waals surface area contributed by atoms with E-state index in [1.807, 2.05) is 42.6 Å². The molecule has 38 heavy (non-hydrogen) atoms. The van der Waals surface area contributed by atoms with E-state index in [9.17, 15) is 19.1 Å². The number of rotatable bonds is 6. The first kappa shape index (κ1) is 24.3. The monoisotopic (exact) mass is 514 g/mol. The van der Waals surface area contributed by atoms with Gasteiger partial charge in [-0.25, -0.2) is 9.37 Å². The number of carbonyl (C=O) groups is 2. The predicted molar refractivity (Wildman–Crippen MR) is 140 cm³/mol. The molecule has 3 heterocycles. The molecular formula is C29H27FN4O4. The highest BCUT2D eigenvalue weighted by atomic mass is 19.1. The van der Waals surface area contributed by atoms with Crippen LogP contribution in [-0.2, 0) is 11.2 Å². The number of halogens is 1. The van der Waals surface area contributed by atoms with E-state index < -0.39 is 17.8 Å². The number of imidazole rings is 1. The molecule has 1 amide bonds. The van der Waals surface area contributed by atoms with Crippen LogP contribution < -0.4 is 10.2 Å². The summed E-state index contributed by atoms with van der Waals surface area (Å²) in [5.41, 5.74) is 3.95. The number of amides is 1. The number of hydrogen-bond donors (Lipinski definition) is 2. The summed E-state index contributed by atoms with van der Waals surface area (Å²) in [6, 6.07) is 15.4. The Hall–Kier alpha value is -4.08. The lowest BCUT2D eigenvalue weighted by atomic mass is 9.91. The SMILES string of the molecule is O=C(C[C@H]1c2ccccc2C[C@H]1O)c1ccc(F)c(NC(=O)c2cnc3ccc(N4CCOCC4)cn23)c1. The molecule has 0 bridgehead atoms. The van der Waals surface area contributed by atoms with E-state index in [2.05, 4.69) is 15.2 Å². The van der Waals surface area contributed by atoms with Crippen molar-refractivity contribution in [3.8, 4) is 0 Å². The highest BCUT2D eigenvalue weighted by molar-refractivity contribution is 6.05. The lowest BCUT2D eigenvalue weighted by Crippen LogP contribution is -2.36. The zero-order valence-electron chi connectivity index (χ0n) is 20.6. The third-order valence-electron chi connectivity index (χ3n) is 7.39. The Bertz CT molecular complexity index is 1530. The molecule has 4 aromatic rings. The molecule has 0 spiro atoms. The zero-order chi connectivity index (χ0) is 26.2. The number of carbonyl (C=O) groups excluding carboxylic acids is 2. The maximum atomic E-state index is 14.7. The molecular weight excluding hydrogens is 487 g/mol. The largest absolute Gasteiger partial charge is 0.392 e. The van der Waals surface area contributed by atoms with E-state index in [1.165, 1.54) is 24.4 Å². The number of pyridine rings is 1. The van der Waals surface area contributed by atoms with Crippen molar-refractivity contribution in [1.82, 2.24) is 9.38 Å². The van der Waals surface area contributed by atoms with Crippen LogP contribution in [0.3, 0.4) is 0 Å². The van der Waals surface area contributed by atoms with Crippen LogP contribution in [0.5, 0.6) is 0 Å². The lowest BCUT2D eigenvalue weighted by Gasteiger charge is -2.28. The predicted octanol–water partition coefficient (Wildman–Crippen LogP) is 3.84. The van der Waals surface area contributed by atoms with Gasteiger partial charge in [-0.05, 0) is 47.9 Å². The van der Waals surface area contributed by atoms with Crippen molar-refractivity contribution in [2.24, 2.45) is 0 Å². The number of anilines is 2. The number of aromatic nitrogens is 2. The highest BCUT2D eigenvalue weighted by Gasteiger charge is 2.32. The van der Waals surface area contributed by atoms with Crippen LogP contribution in [0.4, 0.5) is 15.8 Å². The van der Waals surface area contributed by atoms with E-state index in [4.69, 9.17) is 4.74 Å². The number of hydrogen-bond acceptors (Lipinski definition) is 6. The fraction of sp³-hybridized carbons (Fsp3) is 0.276. The molecule has 1 saturated heterocycles. The van der Waals surface area contributed by atoms with Crippen LogP contribution in [0.25, 0.3) is 5.65 Å². The van der Waals surface area contributed by atoms with Gasteiger partial charge in [0.05, 0.1) is 36.9 Å². The van der Waals surface area contributed by atoms with Gasteiger partial charge in [0.25, 0.3) is 5.91 Å². The van der Waals surface area contributed by atoms with Crippen LogP contribution in [0.15, 0.2) is 67.0 Å². The summed E-state index contributed by atoms with van der Waals surface area (Å²) in [7, 11) is 0. The molecule has 2 aromatic heterocycles. The van der Waals surface area contributed by atoms with Gasteiger partial charge in [0, 0.05) is 37.2 Å². The molecule has 0 saturated carbocycles. The molecule has 2 atom stereocenters. The van der Waals surface area contributed by atoms with E-state index in [1.54, 1.807) is 4.40 Å². The number of benzene rings is 2. The Labute approximate surface area is 218 Å². The molecule has 9 heteroatoms. The van der Waals surface area contributed by atoms with Crippen LogP contribution >= 0.6 is 0 Å². The Morgan fingerprint density at radius 1 is 1.11 bits per heavy atom. The highest BCUT2D eigenvalue weighted by Crippen LogP contribution is 2.36. The standard InChI is InChI=1S/C29H27FN4O4/c30-23-7-5-19(26(35)15-22-21-4-2-1-3-18(21)14-27(22)36)13-24(23)32-29(37)25-16-31-28-8-6-20(17-34(25)28)33-9-11-38-12-10-33/h1-8,13,16-17,22,27,36H,9-12,14-15H2,(H,32,37)/t22-,27+/m0/s1. The number of aliphatic hydroxyl groups is 1. The molecule has 2 N–H and O–H groups in total. The number of ether oxygens (including phenoxy) is 1. The Morgan fingerprint density at radius 3 is 2.76 bits per heavy atom. The average molecular weight is 515 g/mol. The summed E-state index contributed by atoms with van der Waals surface area (Å²) in [6.07, 6.45) is 3.23. The fourth-order valence-corrected chi connectivity index (χ4v) is 5.35. The number of nitrogens with one attached hydrogen (secondary N) is 1. The second-order valence-corrected chi connectivity index (χ2v) is 9.71. The summed E-state index contributed by atoms with van der Waals surface area (Å²) in [6.45, 7) is 2.76. The Kier molecular flexibility index (Phi) is 6.39. The molecule has 1 aliphatic carbocycles. The first-order chi connectivity index (χ1) is 18.5. The minimum Gasteiger partial charge on any atom is -0.392 e. The molecule has 8 nitrogen and oxygen atoms in total. The first-order valence-corrected chi connectivity index (χ1v) is 12.7. The molecule has 1 fully saturated rings. The number of Topliss-reactive ketones (excluding diaryl/α,β-unsaturated/α-hetero) is 1. The number of aliphatic hydroxyl groups excluding tert-OH is 1. The Morgan fingerprint density at radius 2 is 1.92 bits per heavy atom. The van der Waals surface area contributed by atoms with Crippen LogP contribution in [-0.4, -0.2) is 58.6 Å². The van der Waals surface area contributed by atoms with Gasteiger partial charge in [0.2, 0.25) is 0 Å². The molecule has 0 unspecified atom stereocenters. The van der Waals surface area contributed by atoms with Crippen LogP contribution in [0, 0.1) is 5.82 Å². The summed E-state index contributed by atoms with van der Waals surface area (Å²) >= 11 is 0. The van der Waals surface area contributed by atoms with Crippen molar-refractivity contribution < 1.29 is 23.8 Å². The molecule has 1 aliphatic heterocycles. The first-order valence-electron chi connectivity index (χ1n) is 12.7. The van der Waals surface area contributed by atoms with Crippen molar-refractivity contribution in [2.45, 2.75) is 24.9 Å². The quantitative estimate of drug-likeness (QED) is 0.380. The van der Waals surface area contributed by atoms with Gasteiger partial charge in [-0.2, -0.15) is 0 Å². The topological polar surface area (TPSA) is 96.2 Å². The normalized spacial score (nSPS) is 18.9.